The van der Waals surface area contributed by atoms with Crippen molar-refractivity contribution < 1.29 is 9.59 Å². The van der Waals surface area contributed by atoms with E-state index in [2.05, 4.69) is 9.97 Å². The van der Waals surface area contributed by atoms with E-state index in [1.165, 1.54) is 6.33 Å². The third-order valence-electron chi connectivity index (χ3n) is 6.20. The highest BCUT2D eigenvalue weighted by molar-refractivity contribution is 7.99. The molecule has 1 saturated carbocycles. The summed E-state index contributed by atoms with van der Waals surface area (Å²) in [7, 11) is 0. The molecule has 158 valence electrons. The number of aryl methyl sites for hydroxylation is 1. The lowest BCUT2D eigenvalue weighted by atomic mass is 9.95. The van der Waals surface area contributed by atoms with Crippen LogP contribution in [-0.2, 0) is 13.0 Å². The number of thioether (sulfide) groups is 1. The number of carbonyl (C=O) groups is 2. The summed E-state index contributed by atoms with van der Waals surface area (Å²) >= 11 is 1.84. The van der Waals surface area contributed by atoms with Crippen molar-refractivity contribution in [2.45, 2.75) is 38.8 Å². The lowest BCUT2D eigenvalue weighted by Gasteiger charge is -2.32. The van der Waals surface area contributed by atoms with E-state index in [-0.39, 0.29) is 23.4 Å². The van der Waals surface area contributed by atoms with Gasteiger partial charge >= 0.3 is 0 Å². The van der Waals surface area contributed by atoms with Gasteiger partial charge in [-0.2, -0.15) is 11.8 Å². The van der Waals surface area contributed by atoms with E-state index in [1.807, 2.05) is 29.8 Å². The zero-order chi connectivity index (χ0) is 20.8. The molecular weight excluding hydrogens is 402 g/mol. The number of amides is 2. The van der Waals surface area contributed by atoms with Crippen LogP contribution >= 0.6 is 11.8 Å². The van der Waals surface area contributed by atoms with Crippen molar-refractivity contribution in [3.63, 3.8) is 0 Å². The first-order chi connectivity index (χ1) is 14.5. The number of aromatic amines is 1. The van der Waals surface area contributed by atoms with Crippen molar-refractivity contribution >= 4 is 23.6 Å². The summed E-state index contributed by atoms with van der Waals surface area (Å²) in [5, 5.41) is 0. The largest absolute Gasteiger partial charge is 0.348 e. The fourth-order valence-electron chi connectivity index (χ4n) is 4.34. The summed E-state index contributed by atoms with van der Waals surface area (Å²) in [6, 6.07) is 0.172. The van der Waals surface area contributed by atoms with Crippen LogP contribution in [0.4, 0.5) is 0 Å². The van der Waals surface area contributed by atoms with Crippen LogP contribution in [0.25, 0.3) is 0 Å². The van der Waals surface area contributed by atoms with Crippen molar-refractivity contribution in [1.29, 1.82) is 0 Å². The predicted molar refractivity (Wildman–Crippen MR) is 114 cm³/mol. The van der Waals surface area contributed by atoms with E-state index in [0.29, 0.717) is 43.9 Å². The molecule has 0 spiro atoms. The summed E-state index contributed by atoms with van der Waals surface area (Å²) in [5.41, 5.74) is 3.06. The van der Waals surface area contributed by atoms with Crippen LogP contribution in [-0.4, -0.2) is 67.3 Å². The second-order valence-corrected chi connectivity index (χ2v) is 9.43. The van der Waals surface area contributed by atoms with E-state index in [4.69, 9.17) is 0 Å². The van der Waals surface area contributed by atoms with Gasteiger partial charge in [0, 0.05) is 55.6 Å². The van der Waals surface area contributed by atoms with Crippen molar-refractivity contribution in [1.82, 2.24) is 24.3 Å². The molecule has 5 rings (SSSR count). The van der Waals surface area contributed by atoms with Gasteiger partial charge in [0.1, 0.15) is 11.3 Å². The molecule has 9 heteroatoms. The highest BCUT2D eigenvalue weighted by atomic mass is 32.2. The van der Waals surface area contributed by atoms with Crippen LogP contribution in [0.3, 0.4) is 0 Å². The minimum Gasteiger partial charge on any atom is -0.348 e. The first-order valence-corrected chi connectivity index (χ1v) is 11.6. The van der Waals surface area contributed by atoms with E-state index >= 15 is 0 Å². The number of pyridine rings is 1. The van der Waals surface area contributed by atoms with Gasteiger partial charge in [-0.15, -0.1) is 0 Å². The summed E-state index contributed by atoms with van der Waals surface area (Å²) in [6.07, 6.45) is 5.84. The number of imidazole rings is 1. The second kappa shape index (κ2) is 7.61. The van der Waals surface area contributed by atoms with Crippen LogP contribution in [0, 0.1) is 6.92 Å². The van der Waals surface area contributed by atoms with Crippen molar-refractivity contribution in [3.8, 4) is 0 Å². The molecule has 0 bridgehead atoms. The minimum atomic E-state index is -0.164. The molecule has 30 heavy (non-hydrogen) atoms. The second-order valence-electron chi connectivity index (χ2n) is 8.21. The quantitative estimate of drug-likeness (QED) is 0.804. The zero-order valence-electron chi connectivity index (χ0n) is 17.0. The Hall–Kier alpha value is -2.55. The molecular formula is C21H25N5O3S. The molecule has 1 aliphatic carbocycles. The standard InChI is InChI=1S/C21H25N5O3S/c1-13-18(23-12-22-13)21(29)25-5-4-16-14(10-25)11-26(15-2-3-15)20(28)17(16)19(27)24-6-8-30-9-7-24/h11-12,15H,2-10H2,1H3,(H,22,23). The van der Waals surface area contributed by atoms with Gasteiger partial charge in [0.15, 0.2) is 0 Å². The van der Waals surface area contributed by atoms with Crippen LogP contribution in [0.2, 0.25) is 0 Å². The third kappa shape index (κ3) is 3.34. The van der Waals surface area contributed by atoms with E-state index < -0.39 is 0 Å². The summed E-state index contributed by atoms with van der Waals surface area (Å²) < 4.78 is 1.73. The predicted octanol–water partition coefficient (Wildman–Crippen LogP) is 1.60. The molecule has 1 N–H and O–H groups in total. The van der Waals surface area contributed by atoms with E-state index in [1.54, 1.807) is 9.47 Å². The Morgan fingerprint density at radius 1 is 1.13 bits per heavy atom. The molecule has 4 heterocycles. The summed E-state index contributed by atoms with van der Waals surface area (Å²) in [4.78, 5) is 50.3. The van der Waals surface area contributed by atoms with Gasteiger partial charge in [-0.05, 0) is 37.3 Å². The topological polar surface area (TPSA) is 91.3 Å². The summed E-state index contributed by atoms with van der Waals surface area (Å²) in [5.74, 6) is 1.55. The van der Waals surface area contributed by atoms with Crippen molar-refractivity contribution in [2.24, 2.45) is 0 Å². The first-order valence-electron chi connectivity index (χ1n) is 10.5. The van der Waals surface area contributed by atoms with Crippen LogP contribution in [0.15, 0.2) is 17.3 Å². The average Bonchev–Trinajstić information content (AvgIpc) is 3.53. The monoisotopic (exact) mass is 427 g/mol. The molecule has 0 aromatic carbocycles. The normalized spacial score (nSPS) is 19.0. The van der Waals surface area contributed by atoms with Crippen molar-refractivity contribution in [2.75, 3.05) is 31.1 Å². The maximum atomic E-state index is 13.3. The highest BCUT2D eigenvalue weighted by Crippen LogP contribution is 2.35. The van der Waals surface area contributed by atoms with Gasteiger partial charge in [0.25, 0.3) is 17.4 Å². The van der Waals surface area contributed by atoms with Gasteiger partial charge in [-0.25, -0.2) is 4.98 Å². The lowest BCUT2D eigenvalue weighted by Crippen LogP contribution is -2.44. The number of fused-ring (bicyclic) bond motifs is 1. The summed E-state index contributed by atoms with van der Waals surface area (Å²) in [6.45, 7) is 4.06. The molecule has 1 saturated heterocycles. The highest BCUT2D eigenvalue weighted by Gasteiger charge is 2.34. The zero-order valence-corrected chi connectivity index (χ0v) is 17.8. The number of H-pyrrole nitrogens is 1. The molecule has 2 amide bonds. The first kappa shape index (κ1) is 19.4. The molecule has 2 aliphatic heterocycles. The number of hydrogen-bond acceptors (Lipinski definition) is 5. The molecule has 0 radical (unpaired) electrons. The van der Waals surface area contributed by atoms with Crippen molar-refractivity contribution in [3.05, 3.63) is 51.0 Å². The van der Waals surface area contributed by atoms with Gasteiger partial charge in [-0.3, -0.25) is 14.4 Å². The number of hydrogen-bond donors (Lipinski definition) is 1. The molecule has 0 atom stereocenters. The Morgan fingerprint density at radius 2 is 1.90 bits per heavy atom. The Kier molecular flexibility index (Phi) is 4.92. The van der Waals surface area contributed by atoms with Crippen LogP contribution < -0.4 is 5.56 Å². The Labute approximate surface area is 178 Å². The van der Waals surface area contributed by atoms with Gasteiger partial charge in [-0.1, -0.05) is 0 Å². The number of carbonyl (C=O) groups excluding carboxylic acids is 2. The molecule has 2 fully saturated rings. The van der Waals surface area contributed by atoms with Crippen LogP contribution in [0.5, 0.6) is 0 Å². The van der Waals surface area contributed by atoms with Gasteiger partial charge in [0.05, 0.1) is 6.33 Å². The average molecular weight is 428 g/mol. The van der Waals surface area contributed by atoms with Gasteiger partial charge in [0.2, 0.25) is 0 Å². The maximum Gasteiger partial charge on any atom is 0.274 e. The Morgan fingerprint density at radius 3 is 2.57 bits per heavy atom. The fraction of sp³-hybridized carbons (Fsp3) is 0.524. The lowest BCUT2D eigenvalue weighted by molar-refractivity contribution is 0.0726. The van der Waals surface area contributed by atoms with Crippen LogP contribution in [0.1, 0.15) is 56.6 Å². The third-order valence-corrected chi connectivity index (χ3v) is 7.14. The maximum absolute atomic E-state index is 13.3. The van der Waals surface area contributed by atoms with Gasteiger partial charge < -0.3 is 19.4 Å². The molecule has 2 aromatic rings. The number of nitrogens with zero attached hydrogens (tertiary/aromatic N) is 4. The molecule has 8 nitrogen and oxygen atoms in total. The number of nitrogens with one attached hydrogen (secondary N) is 1. The molecule has 3 aliphatic rings. The molecule has 2 aromatic heterocycles. The minimum absolute atomic E-state index is 0.121. The Bertz CT molecular complexity index is 1070. The smallest absolute Gasteiger partial charge is 0.274 e. The Balaban J connectivity index is 1.52. The SMILES string of the molecule is Cc1[nH]cnc1C(=O)N1CCc2c(cn(C3CC3)c(=O)c2C(=O)N2CCSCC2)C1. The number of rotatable bonds is 3. The number of aromatic nitrogens is 3. The molecule has 0 unspecified atom stereocenters. The fourth-order valence-corrected chi connectivity index (χ4v) is 5.25. The van der Waals surface area contributed by atoms with E-state index in [9.17, 15) is 14.4 Å². The van der Waals surface area contributed by atoms with E-state index in [0.717, 1.165) is 41.2 Å².